The third-order valence-electron chi connectivity index (χ3n) is 2.48. The fourth-order valence-corrected chi connectivity index (χ4v) is 3.91. The topological polar surface area (TPSA) is 102 Å². The monoisotopic (exact) mass is 331 g/mol. The number of carbonyl (C=O) groups excluding carboxylic acids is 1. The molecule has 0 unspecified atom stereocenters. The lowest BCUT2D eigenvalue weighted by Gasteiger charge is -2.09. The molecule has 0 saturated carbocycles. The second-order valence-corrected chi connectivity index (χ2v) is 7.45. The summed E-state index contributed by atoms with van der Waals surface area (Å²) < 4.78 is 26.8. The number of sulfonamides is 1. The van der Waals surface area contributed by atoms with Crippen LogP contribution in [0.15, 0.2) is 28.6 Å². The highest BCUT2D eigenvalue weighted by Crippen LogP contribution is 2.26. The third-order valence-corrected chi connectivity index (χ3v) is 5.42. The highest BCUT2D eigenvalue weighted by molar-refractivity contribution is 7.94. The van der Waals surface area contributed by atoms with Crippen molar-refractivity contribution in [2.24, 2.45) is 5.73 Å². The van der Waals surface area contributed by atoms with Gasteiger partial charge in [0.2, 0.25) is 5.91 Å². The van der Waals surface area contributed by atoms with E-state index in [9.17, 15) is 13.2 Å². The number of nitrogens with zero attached hydrogens (tertiary/aromatic N) is 1. The molecule has 2 aromatic rings. The van der Waals surface area contributed by atoms with Crippen LogP contribution >= 0.6 is 22.9 Å². The van der Waals surface area contributed by atoms with E-state index in [2.05, 4.69) is 9.71 Å². The Kier molecular flexibility index (Phi) is 3.98. The Morgan fingerprint density at radius 1 is 1.45 bits per heavy atom. The first-order valence-electron chi connectivity index (χ1n) is 5.34. The maximum Gasteiger partial charge on any atom is 0.273 e. The van der Waals surface area contributed by atoms with Crippen LogP contribution in [0.25, 0.3) is 0 Å². The molecule has 106 valence electrons. The Bertz CT molecular complexity index is 771. The van der Waals surface area contributed by atoms with Crippen molar-refractivity contribution < 1.29 is 13.2 Å². The van der Waals surface area contributed by atoms with Crippen molar-refractivity contribution in [3.8, 4) is 0 Å². The van der Waals surface area contributed by atoms with Gasteiger partial charge in [0.05, 0.1) is 11.9 Å². The second kappa shape index (κ2) is 5.39. The zero-order chi connectivity index (χ0) is 14.9. The quantitative estimate of drug-likeness (QED) is 0.894. The lowest BCUT2D eigenvalue weighted by Crippen LogP contribution is -2.14. The highest BCUT2D eigenvalue weighted by Gasteiger charge is 2.18. The molecule has 1 heterocycles. The fourth-order valence-electron chi connectivity index (χ4n) is 1.49. The number of primary amides is 1. The first-order valence-corrected chi connectivity index (χ1v) is 8.02. The van der Waals surface area contributed by atoms with Crippen molar-refractivity contribution in [1.29, 1.82) is 0 Å². The number of amides is 1. The Balaban J connectivity index is 2.32. The van der Waals surface area contributed by atoms with E-state index >= 15 is 0 Å². The molecule has 1 aromatic heterocycles. The van der Waals surface area contributed by atoms with Gasteiger partial charge in [0, 0.05) is 5.56 Å². The molecule has 3 N–H and O–H groups in total. The molecule has 0 radical (unpaired) electrons. The average Bonchev–Trinajstić information content (AvgIpc) is 2.79. The molecule has 0 bridgehead atoms. The number of benzene rings is 1. The van der Waals surface area contributed by atoms with Crippen molar-refractivity contribution >= 4 is 44.6 Å². The Morgan fingerprint density at radius 2 is 2.15 bits per heavy atom. The van der Waals surface area contributed by atoms with E-state index in [-0.39, 0.29) is 8.68 Å². The van der Waals surface area contributed by atoms with Gasteiger partial charge in [0.1, 0.15) is 0 Å². The van der Waals surface area contributed by atoms with Crippen molar-refractivity contribution in [3.63, 3.8) is 0 Å². The van der Waals surface area contributed by atoms with Gasteiger partial charge in [0.25, 0.3) is 10.0 Å². The summed E-state index contributed by atoms with van der Waals surface area (Å²) in [6.07, 6.45) is 1.18. The SMILES string of the molecule is Cc1cc(C(N)=O)ccc1NS(=O)(=O)c1cnc(Cl)s1. The molecule has 0 atom stereocenters. The predicted molar refractivity (Wildman–Crippen MR) is 77.6 cm³/mol. The van der Waals surface area contributed by atoms with Crippen LogP contribution in [0.5, 0.6) is 0 Å². The van der Waals surface area contributed by atoms with E-state index in [1.807, 2.05) is 0 Å². The number of aryl methyl sites for hydroxylation is 1. The van der Waals surface area contributed by atoms with Gasteiger partial charge in [-0.15, -0.1) is 0 Å². The van der Waals surface area contributed by atoms with Crippen molar-refractivity contribution in [2.45, 2.75) is 11.1 Å². The molecule has 0 saturated heterocycles. The zero-order valence-corrected chi connectivity index (χ0v) is 12.6. The molecule has 0 fully saturated rings. The molecule has 1 aromatic carbocycles. The van der Waals surface area contributed by atoms with Crippen LogP contribution in [-0.2, 0) is 10.0 Å². The summed E-state index contributed by atoms with van der Waals surface area (Å²) in [5.41, 5.74) is 6.41. The molecule has 0 aliphatic heterocycles. The number of aromatic nitrogens is 1. The molecular weight excluding hydrogens is 322 g/mol. The van der Waals surface area contributed by atoms with Crippen LogP contribution in [0.1, 0.15) is 15.9 Å². The number of nitrogens with one attached hydrogen (secondary N) is 1. The van der Waals surface area contributed by atoms with E-state index in [1.165, 1.54) is 24.4 Å². The minimum absolute atomic E-state index is 0.0147. The Labute approximate surface area is 124 Å². The molecule has 1 amide bonds. The maximum atomic E-state index is 12.1. The summed E-state index contributed by atoms with van der Waals surface area (Å²) >= 11 is 6.48. The maximum absolute atomic E-state index is 12.1. The number of thiazole rings is 1. The summed E-state index contributed by atoms with van der Waals surface area (Å²) in [5, 5.41) is 0. The smallest absolute Gasteiger partial charge is 0.273 e. The van der Waals surface area contributed by atoms with E-state index in [0.29, 0.717) is 16.8 Å². The van der Waals surface area contributed by atoms with Crippen molar-refractivity contribution in [3.05, 3.63) is 40.0 Å². The lowest BCUT2D eigenvalue weighted by atomic mass is 10.1. The minimum Gasteiger partial charge on any atom is -0.366 e. The van der Waals surface area contributed by atoms with Crippen LogP contribution in [-0.4, -0.2) is 19.3 Å². The Hall–Kier alpha value is -1.64. The number of carbonyl (C=O) groups is 1. The van der Waals surface area contributed by atoms with E-state index in [1.54, 1.807) is 6.92 Å². The number of rotatable bonds is 4. The number of hydrogen-bond donors (Lipinski definition) is 2. The average molecular weight is 332 g/mol. The van der Waals surface area contributed by atoms with E-state index < -0.39 is 15.9 Å². The van der Waals surface area contributed by atoms with Crippen LogP contribution < -0.4 is 10.5 Å². The van der Waals surface area contributed by atoms with Crippen molar-refractivity contribution in [1.82, 2.24) is 4.98 Å². The molecule has 0 aliphatic rings. The van der Waals surface area contributed by atoms with Crippen LogP contribution in [0, 0.1) is 6.92 Å². The summed E-state index contributed by atoms with van der Waals surface area (Å²) in [5.74, 6) is -0.572. The zero-order valence-electron chi connectivity index (χ0n) is 10.3. The standard InChI is InChI=1S/C11H10ClN3O3S2/c1-6-4-7(10(13)16)2-3-8(6)15-20(17,18)9-5-14-11(12)19-9/h2-5,15H,1H3,(H2,13,16). The van der Waals surface area contributed by atoms with Gasteiger partial charge >= 0.3 is 0 Å². The molecule has 0 spiro atoms. The summed E-state index contributed by atoms with van der Waals surface area (Å²) in [6, 6.07) is 4.45. The van der Waals surface area contributed by atoms with E-state index in [0.717, 1.165) is 11.3 Å². The summed E-state index contributed by atoms with van der Waals surface area (Å²) in [6.45, 7) is 1.67. The Morgan fingerprint density at radius 3 is 2.65 bits per heavy atom. The summed E-state index contributed by atoms with van der Waals surface area (Å²) in [7, 11) is -3.74. The molecule has 6 nitrogen and oxygen atoms in total. The first kappa shape index (κ1) is 14.8. The largest absolute Gasteiger partial charge is 0.366 e. The van der Waals surface area contributed by atoms with Gasteiger partial charge in [-0.25, -0.2) is 13.4 Å². The second-order valence-electron chi connectivity index (χ2n) is 3.93. The van der Waals surface area contributed by atoms with Crippen LogP contribution in [0.2, 0.25) is 4.47 Å². The van der Waals surface area contributed by atoms with Crippen molar-refractivity contribution in [2.75, 3.05) is 4.72 Å². The first-order chi connectivity index (χ1) is 9.29. The highest BCUT2D eigenvalue weighted by atomic mass is 35.5. The van der Waals surface area contributed by atoms with Crippen LogP contribution in [0.3, 0.4) is 0 Å². The molecule has 9 heteroatoms. The minimum atomic E-state index is -3.74. The number of anilines is 1. The van der Waals surface area contributed by atoms with E-state index in [4.69, 9.17) is 17.3 Å². The third kappa shape index (κ3) is 3.09. The lowest BCUT2D eigenvalue weighted by molar-refractivity contribution is 0.1000. The number of nitrogens with two attached hydrogens (primary N) is 1. The number of halogens is 1. The number of hydrogen-bond acceptors (Lipinski definition) is 5. The van der Waals surface area contributed by atoms with Gasteiger partial charge < -0.3 is 5.73 Å². The van der Waals surface area contributed by atoms with Gasteiger partial charge in [0.15, 0.2) is 8.68 Å². The fraction of sp³-hybridized carbons (Fsp3) is 0.0909. The van der Waals surface area contributed by atoms with Gasteiger partial charge in [-0.3, -0.25) is 9.52 Å². The van der Waals surface area contributed by atoms with Gasteiger partial charge in [-0.2, -0.15) is 0 Å². The normalized spacial score (nSPS) is 11.3. The van der Waals surface area contributed by atoms with Crippen LogP contribution in [0.4, 0.5) is 5.69 Å². The molecule has 20 heavy (non-hydrogen) atoms. The molecule has 2 rings (SSSR count). The van der Waals surface area contributed by atoms with Gasteiger partial charge in [-0.05, 0) is 30.7 Å². The predicted octanol–water partition coefficient (Wildman–Crippen LogP) is 2.00. The van der Waals surface area contributed by atoms with Gasteiger partial charge in [-0.1, -0.05) is 22.9 Å². The molecule has 0 aliphatic carbocycles. The molecular formula is C11H10ClN3O3S2. The summed E-state index contributed by atoms with van der Waals surface area (Å²) in [4.78, 5) is 14.7.